The minimum atomic E-state index is -4.76. The lowest BCUT2D eigenvalue weighted by Gasteiger charge is -2.27. The van der Waals surface area contributed by atoms with Crippen LogP contribution >= 0.6 is 0 Å². The second-order valence-electron chi connectivity index (χ2n) is 6.45. The van der Waals surface area contributed by atoms with Crippen LogP contribution in [0.25, 0.3) is 0 Å². The number of alkyl halides is 3. The van der Waals surface area contributed by atoms with Gasteiger partial charge in [0.05, 0.1) is 12.2 Å². The van der Waals surface area contributed by atoms with Gasteiger partial charge in [0.2, 0.25) is 0 Å². The standard InChI is InChI=1S/C20H21F3N4O2/c1-4-27(14-7-5-6-12(2)8-14)19(29)17(11-28)26-18-15(10-24)16(20(21,22)23)9-13(3)25-18/h5-9,17,28H,4,11H2,1-3H3,(H,25,26)/t17-/m0/s1. The largest absolute Gasteiger partial charge is 0.417 e. The van der Waals surface area contributed by atoms with Crippen LogP contribution in [0.15, 0.2) is 30.3 Å². The first kappa shape index (κ1) is 22.2. The van der Waals surface area contributed by atoms with Crippen molar-refractivity contribution in [2.75, 3.05) is 23.4 Å². The number of nitriles is 1. The molecule has 9 heteroatoms. The number of likely N-dealkylation sites (N-methyl/N-ethyl adjacent to an activating group) is 1. The van der Waals surface area contributed by atoms with Crippen LogP contribution in [0.3, 0.4) is 0 Å². The number of benzene rings is 1. The molecule has 2 rings (SSSR count). The summed E-state index contributed by atoms with van der Waals surface area (Å²) in [5, 5.41) is 21.5. The van der Waals surface area contributed by atoms with Crippen molar-refractivity contribution in [3.63, 3.8) is 0 Å². The molecule has 1 heterocycles. The Balaban J connectivity index is 2.42. The number of halogens is 3. The molecule has 1 atom stereocenters. The van der Waals surface area contributed by atoms with Crippen molar-refractivity contribution in [3.05, 3.63) is 52.7 Å². The van der Waals surface area contributed by atoms with Gasteiger partial charge in [-0.05, 0) is 44.5 Å². The van der Waals surface area contributed by atoms with Crippen LogP contribution in [-0.2, 0) is 11.0 Å². The van der Waals surface area contributed by atoms with Crippen molar-refractivity contribution in [2.45, 2.75) is 33.0 Å². The maximum Gasteiger partial charge on any atom is 0.417 e. The molecule has 0 fully saturated rings. The van der Waals surface area contributed by atoms with E-state index in [2.05, 4.69) is 10.3 Å². The van der Waals surface area contributed by atoms with Crippen LogP contribution in [0.1, 0.15) is 29.3 Å². The molecule has 0 spiro atoms. The van der Waals surface area contributed by atoms with E-state index in [1.165, 1.54) is 17.9 Å². The predicted octanol–water partition coefficient (Wildman–Crippen LogP) is 3.41. The summed E-state index contributed by atoms with van der Waals surface area (Å²) in [5.41, 5.74) is -0.345. The summed E-state index contributed by atoms with van der Waals surface area (Å²) < 4.78 is 39.9. The van der Waals surface area contributed by atoms with Crippen LogP contribution < -0.4 is 10.2 Å². The number of hydrogen-bond donors (Lipinski definition) is 2. The quantitative estimate of drug-likeness (QED) is 0.767. The molecule has 0 saturated heterocycles. The van der Waals surface area contributed by atoms with Crippen LogP contribution in [0.2, 0.25) is 0 Å². The zero-order chi connectivity index (χ0) is 21.8. The number of aromatic nitrogens is 1. The highest BCUT2D eigenvalue weighted by Gasteiger charge is 2.36. The first-order chi connectivity index (χ1) is 13.6. The van der Waals surface area contributed by atoms with Gasteiger partial charge in [0.25, 0.3) is 5.91 Å². The molecular weight excluding hydrogens is 385 g/mol. The molecule has 0 aliphatic carbocycles. The number of amides is 1. The van der Waals surface area contributed by atoms with Crippen LogP contribution in [0.5, 0.6) is 0 Å². The molecule has 6 nitrogen and oxygen atoms in total. The zero-order valence-electron chi connectivity index (χ0n) is 16.2. The number of nitrogens with one attached hydrogen (secondary N) is 1. The molecule has 0 aliphatic heterocycles. The van der Waals surface area contributed by atoms with E-state index >= 15 is 0 Å². The minimum Gasteiger partial charge on any atom is -0.394 e. The van der Waals surface area contributed by atoms with E-state index in [-0.39, 0.29) is 12.2 Å². The molecule has 2 N–H and O–H groups in total. The third kappa shape index (κ3) is 5.03. The SMILES string of the molecule is CCN(C(=O)[C@H](CO)Nc1nc(C)cc(C(F)(F)F)c1C#N)c1cccc(C)c1. The van der Waals surface area contributed by atoms with E-state index in [4.69, 9.17) is 0 Å². The minimum absolute atomic E-state index is 0.0222. The van der Waals surface area contributed by atoms with Gasteiger partial charge in [0, 0.05) is 17.9 Å². The van der Waals surface area contributed by atoms with Gasteiger partial charge in [-0.25, -0.2) is 4.98 Å². The summed E-state index contributed by atoms with van der Waals surface area (Å²) in [6, 6.07) is 8.12. The number of aliphatic hydroxyl groups excluding tert-OH is 1. The van der Waals surface area contributed by atoms with E-state index in [1.807, 2.05) is 13.0 Å². The van der Waals surface area contributed by atoms with Gasteiger partial charge in [0.1, 0.15) is 23.5 Å². The third-order valence-electron chi connectivity index (χ3n) is 4.25. The smallest absolute Gasteiger partial charge is 0.394 e. The fraction of sp³-hybridized carbons (Fsp3) is 0.350. The molecule has 154 valence electrons. The molecule has 1 amide bonds. The van der Waals surface area contributed by atoms with Crippen molar-refractivity contribution >= 4 is 17.4 Å². The average Bonchev–Trinajstić information content (AvgIpc) is 2.65. The summed E-state index contributed by atoms with van der Waals surface area (Å²) in [4.78, 5) is 18.3. The van der Waals surface area contributed by atoms with E-state index in [9.17, 15) is 28.3 Å². The summed E-state index contributed by atoms with van der Waals surface area (Å²) in [6.45, 7) is 4.53. The Labute approximate surface area is 166 Å². The van der Waals surface area contributed by atoms with Gasteiger partial charge >= 0.3 is 6.18 Å². The fourth-order valence-corrected chi connectivity index (χ4v) is 2.91. The molecule has 0 unspecified atom stereocenters. The summed E-state index contributed by atoms with van der Waals surface area (Å²) in [7, 11) is 0. The van der Waals surface area contributed by atoms with Crippen LogP contribution in [0, 0.1) is 25.2 Å². The molecular formula is C20H21F3N4O2. The lowest BCUT2D eigenvalue weighted by molar-refractivity contribution is -0.137. The van der Waals surface area contributed by atoms with Crippen LogP contribution in [0.4, 0.5) is 24.7 Å². The summed E-state index contributed by atoms with van der Waals surface area (Å²) in [6.07, 6.45) is -4.76. The van der Waals surface area contributed by atoms with Gasteiger partial charge < -0.3 is 15.3 Å². The number of pyridine rings is 1. The maximum atomic E-state index is 13.3. The van der Waals surface area contributed by atoms with Crippen molar-refractivity contribution in [3.8, 4) is 6.07 Å². The predicted molar refractivity (Wildman–Crippen MR) is 102 cm³/mol. The number of anilines is 2. The maximum absolute atomic E-state index is 13.3. The highest BCUT2D eigenvalue weighted by molar-refractivity contribution is 5.99. The third-order valence-corrected chi connectivity index (χ3v) is 4.25. The van der Waals surface area contributed by atoms with Crippen molar-refractivity contribution in [1.29, 1.82) is 5.26 Å². The Bertz CT molecular complexity index is 938. The molecule has 1 aromatic heterocycles. The highest BCUT2D eigenvalue weighted by atomic mass is 19.4. The zero-order valence-corrected chi connectivity index (χ0v) is 16.2. The number of aryl methyl sites for hydroxylation is 2. The summed E-state index contributed by atoms with van der Waals surface area (Å²) >= 11 is 0. The molecule has 0 radical (unpaired) electrons. The number of carbonyl (C=O) groups excluding carboxylic acids is 1. The second kappa shape index (κ2) is 8.92. The fourth-order valence-electron chi connectivity index (χ4n) is 2.91. The van der Waals surface area contributed by atoms with E-state index in [0.717, 1.165) is 11.6 Å². The first-order valence-corrected chi connectivity index (χ1v) is 8.86. The first-order valence-electron chi connectivity index (χ1n) is 8.86. The number of rotatable bonds is 6. The lowest BCUT2D eigenvalue weighted by Crippen LogP contribution is -2.45. The van der Waals surface area contributed by atoms with Gasteiger partial charge in [-0.15, -0.1) is 0 Å². The highest BCUT2D eigenvalue weighted by Crippen LogP contribution is 2.35. The van der Waals surface area contributed by atoms with Crippen LogP contribution in [-0.4, -0.2) is 35.2 Å². The van der Waals surface area contributed by atoms with E-state index < -0.39 is 41.7 Å². The Hall–Kier alpha value is -3.12. The average molecular weight is 406 g/mol. The topological polar surface area (TPSA) is 89.2 Å². The number of nitrogens with zero attached hydrogens (tertiary/aromatic N) is 3. The van der Waals surface area contributed by atoms with Crippen molar-refractivity contribution in [1.82, 2.24) is 4.98 Å². The summed E-state index contributed by atoms with van der Waals surface area (Å²) in [5.74, 6) is -0.950. The molecule has 2 aromatic rings. The van der Waals surface area contributed by atoms with Gasteiger partial charge in [0.15, 0.2) is 0 Å². The Morgan fingerprint density at radius 1 is 1.34 bits per heavy atom. The lowest BCUT2D eigenvalue weighted by atomic mass is 10.1. The molecule has 0 bridgehead atoms. The Morgan fingerprint density at radius 2 is 2.03 bits per heavy atom. The van der Waals surface area contributed by atoms with Crippen molar-refractivity contribution in [2.24, 2.45) is 0 Å². The molecule has 29 heavy (non-hydrogen) atoms. The number of hydrogen-bond acceptors (Lipinski definition) is 5. The van der Waals surface area contributed by atoms with Gasteiger partial charge in [-0.2, -0.15) is 18.4 Å². The number of carbonyl (C=O) groups is 1. The molecule has 1 aromatic carbocycles. The van der Waals surface area contributed by atoms with E-state index in [1.54, 1.807) is 25.1 Å². The number of aliphatic hydroxyl groups is 1. The monoisotopic (exact) mass is 406 g/mol. The second-order valence-corrected chi connectivity index (χ2v) is 6.45. The Morgan fingerprint density at radius 3 is 2.55 bits per heavy atom. The Kier molecular flexibility index (Phi) is 6.82. The molecule has 0 saturated carbocycles. The van der Waals surface area contributed by atoms with E-state index in [0.29, 0.717) is 5.69 Å². The van der Waals surface area contributed by atoms with Gasteiger partial charge in [-0.3, -0.25) is 4.79 Å². The van der Waals surface area contributed by atoms with Gasteiger partial charge in [-0.1, -0.05) is 12.1 Å². The van der Waals surface area contributed by atoms with Crippen molar-refractivity contribution < 1.29 is 23.1 Å². The normalized spacial score (nSPS) is 12.2. The molecule has 0 aliphatic rings.